The second-order valence-electron chi connectivity index (χ2n) is 4.57. The van der Waals surface area contributed by atoms with E-state index in [2.05, 4.69) is 20.0 Å². The highest BCUT2D eigenvalue weighted by Crippen LogP contribution is 2.33. The van der Waals surface area contributed by atoms with E-state index in [4.69, 9.17) is 0 Å². The number of nitrogens with one attached hydrogen (secondary N) is 2. The monoisotopic (exact) mass is 306 g/mol. The van der Waals surface area contributed by atoms with Crippen molar-refractivity contribution >= 4 is 23.6 Å². The molecule has 2 aromatic rings. The lowest BCUT2D eigenvalue weighted by atomic mass is 10.1. The summed E-state index contributed by atoms with van der Waals surface area (Å²) in [7, 11) is 0. The van der Waals surface area contributed by atoms with Crippen LogP contribution in [-0.4, -0.2) is 10.9 Å². The first-order valence-electron chi connectivity index (χ1n) is 6.31. The number of hydrogen-bond donors (Lipinski definition) is 2. The van der Waals surface area contributed by atoms with Gasteiger partial charge in [0, 0.05) is 30.4 Å². The summed E-state index contributed by atoms with van der Waals surface area (Å²) >= 11 is 1.10. The molecule has 4 nitrogen and oxygen atoms in total. The van der Waals surface area contributed by atoms with Crippen molar-refractivity contribution in [1.82, 2.24) is 10.3 Å². The lowest BCUT2D eigenvalue weighted by molar-refractivity contribution is 0.506. The van der Waals surface area contributed by atoms with Crippen LogP contribution in [-0.2, 0) is 0 Å². The first kappa shape index (κ1) is 13.8. The van der Waals surface area contributed by atoms with Gasteiger partial charge < -0.3 is 10.6 Å². The third-order valence-electron chi connectivity index (χ3n) is 3.07. The Morgan fingerprint density at radius 2 is 1.90 bits per heavy atom. The fourth-order valence-corrected chi connectivity index (χ4v) is 2.60. The van der Waals surface area contributed by atoms with E-state index in [1.807, 2.05) is 19.1 Å². The Labute approximate surface area is 124 Å². The van der Waals surface area contributed by atoms with Gasteiger partial charge in [-0.3, -0.25) is 4.98 Å². The zero-order valence-corrected chi connectivity index (χ0v) is 11.9. The normalized spacial score (nSPS) is 14.7. The molecule has 1 unspecified atom stereocenters. The fourth-order valence-electron chi connectivity index (χ4n) is 1.95. The van der Waals surface area contributed by atoms with Gasteiger partial charge in [0.15, 0.2) is 11.6 Å². The van der Waals surface area contributed by atoms with Crippen LogP contribution in [0, 0.1) is 11.6 Å². The maximum atomic E-state index is 13.3. The maximum Gasteiger partial charge on any atom is 0.208 e. The Balaban J connectivity index is 1.74. The quantitative estimate of drug-likeness (QED) is 0.834. The third kappa shape index (κ3) is 2.97. The Kier molecular flexibility index (Phi) is 3.74. The standard InChI is InChI=1S/C14H12F2N4S/c1-8(9-2-4-17-5-3-9)18-14-19-12-6-10(15)11(16)7-13(12)21-20-14/h2-8H,1H3,(H2,18,19,20). The summed E-state index contributed by atoms with van der Waals surface area (Å²) in [4.78, 5) is 4.52. The molecule has 1 atom stereocenters. The van der Waals surface area contributed by atoms with Crippen molar-refractivity contribution in [2.45, 2.75) is 17.9 Å². The molecule has 1 aromatic heterocycles. The van der Waals surface area contributed by atoms with Crippen LogP contribution in [0.5, 0.6) is 0 Å². The molecule has 0 aliphatic carbocycles. The van der Waals surface area contributed by atoms with Crippen LogP contribution in [0.25, 0.3) is 0 Å². The molecule has 108 valence electrons. The van der Waals surface area contributed by atoms with Crippen LogP contribution in [0.1, 0.15) is 18.5 Å². The molecule has 2 heterocycles. The van der Waals surface area contributed by atoms with Gasteiger partial charge in [-0.25, -0.2) is 8.78 Å². The molecular weight excluding hydrogens is 294 g/mol. The summed E-state index contributed by atoms with van der Waals surface area (Å²) in [5.74, 6) is -1.26. The predicted octanol–water partition coefficient (Wildman–Crippen LogP) is 3.50. The van der Waals surface area contributed by atoms with Crippen molar-refractivity contribution in [1.29, 1.82) is 0 Å². The van der Waals surface area contributed by atoms with Gasteiger partial charge in [0.1, 0.15) is 0 Å². The molecule has 21 heavy (non-hydrogen) atoms. The third-order valence-corrected chi connectivity index (χ3v) is 3.88. The first-order valence-corrected chi connectivity index (χ1v) is 7.08. The summed E-state index contributed by atoms with van der Waals surface area (Å²) in [6.45, 7) is 1.98. The number of benzene rings is 1. The van der Waals surface area contributed by atoms with E-state index in [-0.39, 0.29) is 6.04 Å². The van der Waals surface area contributed by atoms with E-state index in [1.165, 1.54) is 0 Å². The second-order valence-corrected chi connectivity index (χ2v) is 5.37. The smallest absolute Gasteiger partial charge is 0.208 e. The lowest BCUT2D eigenvalue weighted by Gasteiger charge is -2.22. The van der Waals surface area contributed by atoms with Crippen LogP contribution in [0.2, 0.25) is 0 Å². The van der Waals surface area contributed by atoms with E-state index < -0.39 is 11.6 Å². The molecule has 1 aromatic carbocycles. The molecule has 1 aliphatic heterocycles. The molecule has 0 spiro atoms. The summed E-state index contributed by atoms with van der Waals surface area (Å²) in [5.41, 5.74) is 1.55. The topological polar surface area (TPSA) is 49.3 Å². The van der Waals surface area contributed by atoms with Gasteiger partial charge >= 0.3 is 0 Å². The van der Waals surface area contributed by atoms with E-state index >= 15 is 0 Å². The van der Waals surface area contributed by atoms with Crippen molar-refractivity contribution in [2.24, 2.45) is 4.40 Å². The van der Waals surface area contributed by atoms with Crippen molar-refractivity contribution in [3.05, 3.63) is 53.9 Å². The Bertz CT molecular complexity index is 691. The molecule has 3 rings (SSSR count). The highest BCUT2D eigenvalue weighted by atomic mass is 32.2. The number of fused-ring (bicyclic) bond motifs is 1. The summed E-state index contributed by atoms with van der Waals surface area (Å²) in [6, 6.07) is 6.07. The first-order chi connectivity index (χ1) is 10.1. The molecule has 0 amide bonds. The summed E-state index contributed by atoms with van der Waals surface area (Å²) in [6.07, 6.45) is 3.43. The van der Waals surface area contributed by atoms with Crippen molar-refractivity contribution in [3.8, 4) is 0 Å². The average Bonchev–Trinajstić information content (AvgIpc) is 2.49. The molecule has 7 heteroatoms. The van der Waals surface area contributed by atoms with Gasteiger partial charge in [-0.05, 0) is 30.7 Å². The van der Waals surface area contributed by atoms with Crippen LogP contribution in [0.3, 0.4) is 0 Å². The lowest BCUT2D eigenvalue weighted by Crippen LogP contribution is -2.33. The van der Waals surface area contributed by atoms with Gasteiger partial charge in [0.05, 0.1) is 16.6 Å². The zero-order valence-electron chi connectivity index (χ0n) is 11.1. The number of rotatable bonds is 2. The van der Waals surface area contributed by atoms with E-state index in [1.54, 1.807) is 12.4 Å². The number of halogens is 2. The van der Waals surface area contributed by atoms with Crippen molar-refractivity contribution in [2.75, 3.05) is 5.32 Å². The van der Waals surface area contributed by atoms with Gasteiger partial charge in [-0.2, -0.15) is 4.40 Å². The minimum atomic E-state index is -0.884. The van der Waals surface area contributed by atoms with Crippen LogP contribution in [0.15, 0.2) is 46.0 Å². The number of pyridine rings is 1. The second kappa shape index (κ2) is 5.69. The molecule has 0 radical (unpaired) electrons. The van der Waals surface area contributed by atoms with Crippen LogP contribution >= 0.6 is 11.9 Å². The highest BCUT2D eigenvalue weighted by Gasteiger charge is 2.17. The van der Waals surface area contributed by atoms with Crippen molar-refractivity contribution < 1.29 is 8.78 Å². The zero-order chi connectivity index (χ0) is 14.8. The minimum absolute atomic E-state index is 0.00620. The van der Waals surface area contributed by atoms with Gasteiger partial charge in [-0.15, -0.1) is 0 Å². The van der Waals surface area contributed by atoms with E-state index in [9.17, 15) is 8.78 Å². The van der Waals surface area contributed by atoms with E-state index in [0.29, 0.717) is 16.5 Å². The predicted molar refractivity (Wildman–Crippen MR) is 79.1 cm³/mol. The molecule has 0 fully saturated rings. The molecule has 0 saturated carbocycles. The Hall–Kier alpha value is -2.15. The number of hydrogen-bond acceptors (Lipinski definition) is 5. The van der Waals surface area contributed by atoms with Gasteiger partial charge in [0.25, 0.3) is 0 Å². The number of guanidine groups is 1. The SMILES string of the molecule is CC(NC1=NSc2cc(F)c(F)cc2N1)c1ccncc1. The Morgan fingerprint density at radius 3 is 2.67 bits per heavy atom. The minimum Gasteiger partial charge on any atom is -0.349 e. The number of anilines is 1. The summed E-state index contributed by atoms with van der Waals surface area (Å²) in [5, 5.41) is 6.15. The molecular formula is C14H12F2N4S. The van der Waals surface area contributed by atoms with Crippen molar-refractivity contribution in [3.63, 3.8) is 0 Å². The van der Waals surface area contributed by atoms with Gasteiger partial charge in [0.2, 0.25) is 5.96 Å². The molecule has 0 saturated heterocycles. The van der Waals surface area contributed by atoms with Crippen LogP contribution < -0.4 is 10.6 Å². The van der Waals surface area contributed by atoms with Gasteiger partial charge in [-0.1, -0.05) is 0 Å². The molecule has 1 aliphatic rings. The Morgan fingerprint density at radius 1 is 1.19 bits per heavy atom. The van der Waals surface area contributed by atoms with E-state index in [0.717, 1.165) is 29.6 Å². The summed E-state index contributed by atoms with van der Waals surface area (Å²) < 4.78 is 30.6. The maximum absolute atomic E-state index is 13.3. The fraction of sp³-hybridized carbons (Fsp3) is 0.143. The molecule has 0 bridgehead atoms. The number of aromatic nitrogens is 1. The number of nitrogens with zero attached hydrogens (tertiary/aromatic N) is 2. The van der Waals surface area contributed by atoms with Crippen LogP contribution in [0.4, 0.5) is 14.5 Å². The largest absolute Gasteiger partial charge is 0.349 e. The average molecular weight is 306 g/mol. The molecule has 2 N–H and O–H groups in total. The highest BCUT2D eigenvalue weighted by molar-refractivity contribution is 7.98.